The molecule has 1 aromatic heterocycles. The predicted octanol–water partition coefficient (Wildman–Crippen LogP) is 1.98. The highest BCUT2D eigenvalue weighted by molar-refractivity contribution is 5.96. The van der Waals surface area contributed by atoms with E-state index < -0.39 is 11.7 Å². The quantitative estimate of drug-likeness (QED) is 0.680. The number of halogens is 1. The highest BCUT2D eigenvalue weighted by Gasteiger charge is 2.46. The van der Waals surface area contributed by atoms with Crippen LogP contribution in [0.15, 0.2) is 59.5 Å². The van der Waals surface area contributed by atoms with Gasteiger partial charge in [0, 0.05) is 36.5 Å². The van der Waals surface area contributed by atoms with Crippen LogP contribution in [0.5, 0.6) is 0 Å². The molecule has 0 spiro atoms. The van der Waals surface area contributed by atoms with E-state index in [1.54, 1.807) is 18.2 Å². The molecule has 31 heavy (non-hydrogen) atoms. The minimum Gasteiger partial charge on any atom is -0.337 e. The first kappa shape index (κ1) is 19.2. The van der Waals surface area contributed by atoms with Gasteiger partial charge in [-0.15, -0.1) is 0 Å². The van der Waals surface area contributed by atoms with Crippen LogP contribution >= 0.6 is 0 Å². The Hall–Kier alpha value is -3.81. The van der Waals surface area contributed by atoms with E-state index in [4.69, 9.17) is 0 Å². The Bertz CT molecular complexity index is 1290. The van der Waals surface area contributed by atoms with E-state index in [0.717, 1.165) is 0 Å². The van der Waals surface area contributed by atoms with E-state index in [1.165, 1.54) is 17.0 Å². The van der Waals surface area contributed by atoms with Gasteiger partial charge >= 0.3 is 0 Å². The highest BCUT2D eigenvalue weighted by Crippen LogP contribution is 2.34. The van der Waals surface area contributed by atoms with Gasteiger partial charge in [0.2, 0.25) is 5.91 Å². The van der Waals surface area contributed by atoms with Crippen molar-refractivity contribution < 1.29 is 14.0 Å². The van der Waals surface area contributed by atoms with Gasteiger partial charge in [0.1, 0.15) is 5.82 Å². The largest absolute Gasteiger partial charge is 0.337 e. The molecule has 0 bridgehead atoms. The highest BCUT2D eigenvalue weighted by atomic mass is 19.1. The average Bonchev–Trinajstić information content (AvgIpc) is 3.32. The molecule has 2 amide bonds. The fraction of sp³-hybridized carbons (Fsp3) is 0.217. The van der Waals surface area contributed by atoms with Crippen molar-refractivity contribution in [2.75, 3.05) is 13.1 Å². The summed E-state index contributed by atoms with van der Waals surface area (Å²) in [7, 11) is 0. The third kappa shape index (κ3) is 3.20. The molecule has 8 heteroatoms. The molecule has 7 nitrogen and oxygen atoms in total. The lowest BCUT2D eigenvalue weighted by molar-refractivity contribution is -0.122. The number of hydrogen-bond donors (Lipinski definition) is 2. The third-order valence-electron chi connectivity index (χ3n) is 6.08. The van der Waals surface area contributed by atoms with Crippen LogP contribution in [0.1, 0.15) is 21.6 Å². The second-order valence-electron chi connectivity index (χ2n) is 7.97. The van der Waals surface area contributed by atoms with Crippen LogP contribution in [0.25, 0.3) is 10.8 Å². The molecule has 2 saturated heterocycles. The maximum Gasteiger partial charge on any atom is 0.272 e. The van der Waals surface area contributed by atoms with Gasteiger partial charge in [0.15, 0.2) is 0 Å². The van der Waals surface area contributed by atoms with Gasteiger partial charge in [0.05, 0.1) is 22.6 Å². The number of rotatable bonds is 3. The number of aromatic amines is 1. The molecule has 3 aromatic rings. The smallest absolute Gasteiger partial charge is 0.272 e. The van der Waals surface area contributed by atoms with Crippen molar-refractivity contribution in [3.8, 4) is 0 Å². The van der Waals surface area contributed by atoms with Gasteiger partial charge in [-0.05, 0) is 23.8 Å². The number of aromatic nitrogens is 2. The average molecular weight is 418 g/mol. The van der Waals surface area contributed by atoms with E-state index >= 15 is 0 Å². The zero-order valence-corrected chi connectivity index (χ0v) is 16.5. The van der Waals surface area contributed by atoms with Gasteiger partial charge < -0.3 is 10.2 Å². The summed E-state index contributed by atoms with van der Waals surface area (Å²) in [6.45, 7) is 4.42. The molecule has 2 N–H and O–H groups in total. The second kappa shape index (κ2) is 7.16. The summed E-state index contributed by atoms with van der Waals surface area (Å²) < 4.78 is 14.6. The first-order valence-electron chi connectivity index (χ1n) is 9.96. The summed E-state index contributed by atoms with van der Waals surface area (Å²) in [5, 5.41) is 10.6. The van der Waals surface area contributed by atoms with Gasteiger partial charge in [-0.2, -0.15) is 5.10 Å². The SMILES string of the molecule is C=C1NC(=O)C2CN(C(=O)c3cc(Cc4n[nH]c(=O)c5ccccc45)ccc3F)CC12. The molecule has 0 radical (unpaired) electrons. The summed E-state index contributed by atoms with van der Waals surface area (Å²) in [6.07, 6.45) is 0.322. The summed E-state index contributed by atoms with van der Waals surface area (Å²) in [5.41, 5.74) is 1.60. The van der Waals surface area contributed by atoms with Crippen LogP contribution in [-0.4, -0.2) is 40.0 Å². The predicted molar refractivity (Wildman–Crippen MR) is 112 cm³/mol. The number of nitrogens with one attached hydrogen (secondary N) is 2. The molecule has 0 aliphatic carbocycles. The molecule has 2 aromatic carbocycles. The third-order valence-corrected chi connectivity index (χ3v) is 6.08. The van der Waals surface area contributed by atoms with Crippen molar-refractivity contribution >= 4 is 22.6 Å². The van der Waals surface area contributed by atoms with Crippen molar-refractivity contribution in [3.63, 3.8) is 0 Å². The molecular formula is C23H19FN4O3. The van der Waals surface area contributed by atoms with Crippen LogP contribution in [0.3, 0.4) is 0 Å². The number of fused-ring (bicyclic) bond motifs is 2. The Kier molecular flexibility index (Phi) is 4.43. The lowest BCUT2D eigenvalue weighted by Gasteiger charge is -2.18. The fourth-order valence-corrected chi connectivity index (χ4v) is 4.45. The molecule has 0 saturated carbocycles. The maximum absolute atomic E-state index is 14.6. The number of H-pyrrole nitrogens is 1. The number of benzene rings is 2. The lowest BCUT2D eigenvalue weighted by Crippen LogP contribution is -2.33. The minimum absolute atomic E-state index is 0.0442. The topological polar surface area (TPSA) is 95.2 Å². The van der Waals surface area contributed by atoms with Crippen LogP contribution in [0.4, 0.5) is 4.39 Å². The van der Waals surface area contributed by atoms with Gasteiger partial charge in [-0.1, -0.05) is 30.8 Å². The number of amides is 2. The Morgan fingerprint density at radius 1 is 1.13 bits per heavy atom. The number of nitrogens with zero attached hydrogens (tertiary/aromatic N) is 2. The Balaban J connectivity index is 1.44. The molecule has 2 unspecified atom stereocenters. The van der Waals surface area contributed by atoms with Crippen LogP contribution < -0.4 is 10.9 Å². The molecule has 2 fully saturated rings. The van der Waals surface area contributed by atoms with Gasteiger partial charge in [0.25, 0.3) is 11.5 Å². The molecule has 3 heterocycles. The van der Waals surface area contributed by atoms with E-state index in [-0.39, 0.29) is 35.4 Å². The number of hydrogen-bond acceptors (Lipinski definition) is 4. The van der Waals surface area contributed by atoms with Crippen LogP contribution in [0.2, 0.25) is 0 Å². The van der Waals surface area contributed by atoms with E-state index in [0.29, 0.717) is 40.7 Å². The second-order valence-corrected chi connectivity index (χ2v) is 7.97. The number of carbonyl (C=O) groups excluding carboxylic acids is 2. The van der Waals surface area contributed by atoms with Gasteiger partial charge in [-0.25, -0.2) is 9.49 Å². The van der Waals surface area contributed by atoms with Crippen LogP contribution in [0, 0.1) is 17.7 Å². The first-order valence-corrected chi connectivity index (χ1v) is 9.96. The fourth-order valence-electron chi connectivity index (χ4n) is 4.45. The summed E-state index contributed by atoms with van der Waals surface area (Å²) in [5.74, 6) is -1.68. The molecule has 156 valence electrons. The van der Waals surface area contributed by atoms with Crippen molar-refractivity contribution in [1.29, 1.82) is 0 Å². The molecule has 2 atom stereocenters. The zero-order valence-electron chi connectivity index (χ0n) is 16.5. The Morgan fingerprint density at radius 2 is 1.87 bits per heavy atom. The molecule has 2 aliphatic rings. The van der Waals surface area contributed by atoms with Crippen molar-refractivity contribution in [3.05, 3.63) is 87.7 Å². The van der Waals surface area contributed by atoms with E-state index in [1.807, 2.05) is 12.1 Å². The molecule has 5 rings (SSSR count). The monoisotopic (exact) mass is 418 g/mol. The molecule has 2 aliphatic heterocycles. The Labute approximate surface area is 176 Å². The van der Waals surface area contributed by atoms with Gasteiger partial charge in [-0.3, -0.25) is 14.4 Å². The summed E-state index contributed by atoms with van der Waals surface area (Å²) in [4.78, 5) is 38.5. The molecular weight excluding hydrogens is 399 g/mol. The minimum atomic E-state index is -0.617. The van der Waals surface area contributed by atoms with Crippen molar-refractivity contribution in [2.45, 2.75) is 6.42 Å². The summed E-state index contributed by atoms with van der Waals surface area (Å²) >= 11 is 0. The standard InChI is InChI=1S/C23H19FN4O3/c1-12-17-10-28(11-18(17)21(29)25-12)23(31)16-8-13(6-7-19(16)24)9-20-14-4-2-3-5-15(14)22(30)27-26-20/h2-8,17-18H,1,9-11H2,(H,25,29)(H,27,30). The zero-order chi connectivity index (χ0) is 21.7. The Morgan fingerprint density at radius 3 is 2.65 bits per heavy atom. The van der Waals surface area contributed by atoms with Crippen molar-refractivity contribution in [2.24, 2.45) is 11.8 Å². The summed E-state index contributed by atoms with van der Waals surface area (Å²) in [6, 6.07) is 11.5. The number of carbonyl (C=O) groups is 2. The van der Waals surface area contributed by atoms with E-state index in [9.17, 15) is 18.8 Å². The van der Waals surface area contributed by atoms with Crippen molar-refractivity contribution in [1.82, 2.24) is 20.4 Å². The van der Waals surface area contributed by atoms with E-state index in [2.05, 4.69) is 22.1 Å². The van der Waals surface area contributed by atoms with Crippen LogP contribution in [-0.2, 0) is 11.2 Å². The number of likely N-dealkylation sites (tertiary alicyclic amines) is 1. The first-order chi connectivity index (χ1) is 14.9. The maximum atomic E-state index is 14.6. The normalized spacial score (nSPS) is 20.2. The lowest BCUT2D eigenvalue weighted by atomic mass is 9.98.